The van der Waals surface area contributed by atoms with Crippen LogP contribution >= 0.6 is 23.2 Å². The zero-order valence-electron chi connectivity index (χ0n) is 14.3. The van der Waals surface area contributed by atoms with Gasteiger partial charge in [0.1, 0.15) is 0 Å². The number of amides is 1. The molecule has 0 atom stereocenters. The summed E-state index contributed by atoms with van der Waals surface area (Å²) in [4.78, 5) is 12.5. The number of hydrogen-bond donors (Lipinski definition) is 2. The van der Waals surface area contributed by atoms with E-state index in [0.29, 0.717) is 4.68 Å². The molecule has 0 aliphatic heterocycles. The summed E-state index contributed by atoms with van der Waals surface area (Å²) in [5, 5.41) is 6.22. The molecule has 146 valence electrons. The Morgan fingerprint density at radius 1 is 1.14 bits per heavy atom. The van der Waals surface area contributed by atoms with E-state index in [0.717, 1.165) is 11.8 Å². The number of benzene rings is 2. The van der Waals surface area contributed by atoms with Gasteiger partial charge in [0.2, 0.25) is 0 Å². The van der Waals surface area contributed by atoms with E-state index < -0.39 is 23.3 Å². The van der Waals surface area contributed by atoms with Crippen molar-refractivity contribution < 1.29 is 18.0 Å². The Morgan fingerprint density at radius 2 is 1.71 bits per heavy atom. The number of carbonyl (C=O) groups is 1. The molecule has 0 unspecified atom stereocenters. The minimum absolute atomic E-state index is 0.0641. The second-order valence-corrected chi connectivity index (χ2v) is 6.77. The molecule has 0 fully saturated rings. The molecule has 0 saturated carbocycles. The summed E-state index contributed by atoms with van der Waals surface area (Å²) >= 11 is 11.8. The lowest BCUT2D eigenvalue weighted by Crippen LogP contribution is -2.20. The van der Waals surface area contributed by atoms with Crippen molar-refractivity contribution in [1.82, 2.24) is 9.78 Å². The summed E-state index contributed by atoms with van der Waals surface area (Å²) in [6.45, 7) is 1.80. The summed E-state index contributed by atoms with van der Waals surface area (Å²) in [7, 11) is 0. The highest BCUT2D eigenvalue weighted by atomic mass is 35.5. The monoisotopic (exact) mass is 428 g/mol. The van der Waals surface area contributed by atoms with Crippen LogP contribution < -0.4 is 11.1 Å². The highest BCUT2D eigenvalue weighted by Gasteiger charge is 2.40. The Hall–Kier alpha value is -2.71. The standard InChI is InChI=1S/C18H13Cl2F3N4O/c1-9-2-4-11(5-3-9)27-16(18(21,22)23)12(8-25-27)17(28)26-10-6-13(19)15(24)14(20)7-10/h2-8H,24H2,1H3,(H,26,28). The Kier molecular flexibility index (Phi) is 5.27. The Bertz CT molecular complexity index is 1020. The first kappa shape index (κ1) is 20.0. The molecule has 3 rings (SSSR count). The molecular formula is C18H13Cl2F3N4O. The molecule has 28 heavy (non-hydrogen) atoms. The molecule has 1 aromatic heterocycles. The number of anilines is 2. The molecule has 0 radical (unpaired) electrons. The fourth-order valence-electron chi connectivity index (χ4n) is 2.52. The van der Waals surface area contributed by atoms with E-state index in [1.165, 1.54) is 24.3 Å². The van der Waals surface area contributed by atoms with E-state index in [1.807, 2.05) is 0 Å². The summed E-state index contributed by atoms with van der Waals surface area (Å²) in [5.41, 5.74) is 5.03. The van der Waals surface area contributed by atoms with Gasteiger partial charge in [-0.25, -0.2) is 4.68 Å². The molecule has 10 heteroatoms. The number of nitrogens with two attached hydrogens (primary N) is 1. The number of aryl methyl sites for hydroxylation is 1. The SMILES string of the molecule is Cc1ccc(-n2ncc(C(=O)Nc3cc(Cl)c(N)c(Cl)c3)c2C(F)(F)F)cc1. The first-order chi connectivity index (χ1) is 13.1. The molecule has 2 aromatic carbocycles. The van der Waals surface area contributed by atoms with Crippen LogP contribution in [0.15, 0.2) is 42.6 Å². The number of nitrogens with one attached hydrogen (secondary N) is 1. The second-order valence-electron chi connectivity index (χ2n) is 5.96. The van der Waals surface area contributed by atoms with Crippen molar-refractivity contribution >= 4 is 40.5 Å². The third-order valence-electron chi connectivity index (χ3n) is 3.90. The Labute approximate surface area is 167 Å². The fraction of sp³-hybridized carbons (Fsp3) is 0.111. The minimum Gasteiger partial charge on any atom is -0.396 e. The van der Waals surface area contributed by atoms with Crippen LogP contribution in [0.1, 0.15) is 21.6 Å². The zero-order valence-corrected chi connectivity index (χ0v) is 15.8. The Morgan fingerprint density at radius 3 is 2.25 bits per heavy atom. The van der Waals surface area contributed by atoms with Gasteiger partial charge in [-0.05, 0) is 31.2 Å². The lowest BCUT2D eigenvalue weighted by Gasteiger charge is -2.13. The predicted octanol–water partition coefficient (Wildman–Crippen LogP) is 5.34. The van der Waals surface area contributed by atoms with Crippen LogP contribution in [0.25, 0.3) is 5.69 Å². The van der Waals surface area contributed by atoms with E-state index >= 15 is 0 Å². The van der Waals surface area contributed by atoms with Gasteiger partial charge in [0.05, 0.1) is 33.2 Å². The van der Waals surface area contributed by atoms with Crippen molar-refractivity contribution in [2.24, 2.45) is 0 Å². The molecule has 0 spiro atoms. The molecule has 0 saturated heterocycles. The van der Waals surface area contributed by atoms with Crippen LogP contribution in [-0.2, 0) is 6.18 Å². The van der Waals surface area contributed by atoms with Gasteiger partial charge in [0.25, 0.3) is 5.91 Å². The molecule has 1 amide bonds. The van der Waals surface area contributed by atoms with Crippen molar-refractivity contribution in [3.05, 3.63) is 69.5 Å². The first-order valence-electron chi connectivity index (χ1n) is 7.86. The quantitative estimate of drug-likeness (QED) is 0.552. The summed E-state index contributed by atoms with van der Waals surface area (Å²) in [5.74, 6) is -1.01. The molecule has 1 heterocycles. The topological polar surface area (TPSA) is 72.9 Å². The summed E-state index contributed by atoms with van der Waals surface area (Å²) < 4.78 is 41.7. The number of aromatic nitrogens is 2. The second kappa shape index (κ2) is 7.37. The first-order valence-corrected chi connectivity index (χ1v) is 8.61. The van der Waals surface area contributed by atoms with Gasteiger partial charge in [-0.15, -0.1) is 0 Å². The number of hydrogen-bond acceptors (Lipinski definition) is 3. The maximum Gasteiger partial charge on any atom is 0.434 e. The van der Waals surface area contributed by atoms with Gasteiger partial charge in [-0.1, -0.05) is 40.9 Å². The van der Waals surface area contributed by atoms with E-state index in [2.05, 4.69) is 10.4 Å². The highest BCUT2D eigenvalue weighted by molar-refractivity contribution is 6.39. The number of nitrogen functional groups attached to an aromatic ring is 1. The van der Waals surface area contributed by atoms with Crippen LogP contribution in [-0.4, -0.2) is 15.7 Å². The average molecular weight is 429 g/mol. The molecule has 0 aliphatic rings. The van der Waals surface area contributed by atoms with Gasteiger partial charge >= 0.3 is 6.18 Å². The van der Waals surface area contributed by atoms with E-state index in [-0.39, 0.29) is 27.1 Å². The lowest BCUT2D eigenvalue weighted by atomic mass is 10.2. The van der Waals surface area contributed by atoms with Gasteiger partial charge < -0.3 is 11.1 Å². The van der Waals surface area contributed by atoms with Crippen LogP contribution in [0.4, 0.5) is 24.5 Å². The van der Waals surface area contributed by atoms with Crippen molar-refractivity contribution in [3.8, 4) is 5.69 Å². The van der Waals surface area contributed by atoms with Crippen molar-refractivity contribution in [2.75, 3.05) is 11.1 Å². The summed E-state index contributed by atoms with van der Waals surface area (Å²) in [6, 6.07) is 8.85. The maximum atomic E-state index is 13.7. The average Bonchev–Trinajstić information content (AvgIpc) is 3.06. The normalized spacial score (nSPS) is 11.5. The zero-order chi connectivity index (χ0) is 20.6. The lowest BCUT2D eigenvalue weighted by molar-refractivity contribution is -0.143. The van der Waals surface area contributed by atoms with E-state index in [1.54, 1.807) is 19.1 Å². The van der Waals surface area contributed by atoms with Crippen LogP contribution in [0.3, 0.4) is 0 Å². The number of alkyl halides is 3. The van der Waals surface area contributed by atoms with Gasteiger partial charge in [-0.3, -0.25) is 4.79 Å². The smallest absolute Gasteiger partial charge is 0.396 e. The molecular weight excluding hydrogens is 416 g/mol. The fourth-order valence-corrected chi connectivity index (χ4v) is 3.01. The minimum atomic E-state index is -4.82. The third kappa shape index (κ3) is 3.93. The van der Waals surface area contributed by atoms with Gasteiger partial charge in [0.15, 0.2) is 5.69 Å². The van der Waals surface area contributed by atoms with Gasteiger partial charge in [-0.2, -0.15) is 18.3 Å². The van der Waals surface area contributed by atoms with Crippen molar-refractivity contribution in [1.29, 1.82) is 0 Å². The summed E-state index contributed by atoms with van der Waals surface area (Å²) in [6.07, 6.45) is -3.96. The largest absolute Gasteiger partial charge is 0.434 e. The van der Waals surface area contributed by atoms with Gasteiger partial charge in [0, 0.05) is 5.69 Å². The molecule has 3 N–H and O–H groups in total. The highest BCUT2D eigenvalue weighted by Crippen LogP contribution is 2.35. The predicted molar refractivity (Wildman–Crippen MR) is 102 cm³/mol. The molecule has 3 aromatic rings. The maximum absolute atomic E-state index is 13.7. The molecule has 0 bridgehead atoms. The molecule has 0 aliphatic carbocycles. The third-order valence-corrected chi connectivity index (χ3v) is 4.52. The number of carbonyl (C=O) groups excluding carboxylic acids is 1. The van der Waals surface area contributed by atoms with E-state index in [9.17, 15) is 18.0 Å². The van der Waals surface area contributed by atoms with Crippen LogP contribution in [0.5, 0.6) is 0 Å². The van der Waals surface area contributed by atoms with Crippen LogP contribution in [0.2, 0.25) is 10.0 Å². The van der Waals surface area contributed by atoms with Crippen molar-refractivity contribution in [3.63, 3.8) is 0 Å². The van der Waals surface area contributed by atoms with Crippen LogP contribution in [0, 0.1) is 6.92 Å². The number of halogens is 5. The van der Waals surface area contributed by atoms with Crippen molar-refractivity contribution in [2.45, 2.75) is 13.1 Å². The molecule has 5 nitrogen and oxygen atoms in total. The Balaban J connectivity index is 2.02. The van der Waals surface area contributed by atoms with E-state index in [4.69, 9.17) is 28.9 Å². The number of nitrogens with zero attached hydrogens (tertiary/aromatic N) is 2. The number of rotatable bonds is 3.